The number of carbonyl (C=O) groups is 4. The van der Waals surface area contributed by atoms with Crippen LogP contribution in [0.5, 0.6) is 11.5 Å². The molecule has 1 aliphatic rings. The van der Waals surface area contributed by atoms with E-state index in [0.29, 0.717) is 22.4 Å². The molecule has 0 N–H and O–H groups in total. The lowest BCUT2D eigenvalue weighted by atomic mass is 9.98. The number of benzene rings is 2. The average Bonchev–Trinajstić information content (AvgIpc) is 2.96. The van der Waals surface area contributed by atoms with Crippen molar-refractivity contribution in [2.45, 2.75) is 65.3 Å². The number of esters is 4. The number of ether oxygens (including phenoxy) is 7. The quantitative estimate of drug-likeness (QED) is 0.256. The van der Waals surface area contributed by atoms with E-state index in [-0.39, 0.29) is 22.1 Å². The van der Waals surface area contributed by atoms with E-state index in [2.05, 4.69) is 0 Å². The van der Waals surface area contributed by atoms with Crippen molar-refractivity contribution in [3.8, 4) is 22.6 Å². The molecular formula is C31H32O13. The number of hydrogen-bond donors (Lipinski definition) is 0. The topological polar surface area (TPSA) is 163 Å². The van der Waals surface area contributed by atoms with Gasteiger partial charge in [-0.2, -0.15) is 0 Å². The van der Waals surface area contributed by atoms with Gasteiger partial charge in [0.05, 0.1) is 18.1 Å². The second-order valence-electron chi connectivity index (χ2n) is 9.96. The molecule has 2 aromatic carbocycles. The summed E-state index contributed by atoms with van der Waals surface area (Å²) in [6.07, 6.45) is -5.43. The second kappa shape index (κ2) is 13.6. The minimum atomic E-state index is -1.45. The smallest absolute Gasteiger partial charge is 0.303 e. The highest BCUT2D eigenvalue weighted by molar-refractivity contribution is 5.85. The van der Waals surface area contributed by atoms with E-state index in [1.54, 1.807) is 38.3 Å². The van der Waals surface area contributed by atoms with Gasteiger partial charge in [-0.05, 0) is 36.8 Å². The van der Waals surface area contributed by atoms with Crippen molar-refractivity contribution in [1.29, 1.82) is 0 Å². The van der Waals surface area contributed by atoms with Gasteiger partial charge in [-0.25, -0.2) is 0 Å². The van der Waals surface area contributed by atoms with Gasteiger partial charge in [-0.15, -0.1) is 0 Å². The standard InChI is InChI=1S/C31H32O13/c1-15-24(12-11-22-26(36)23(13-39-27(15)22)20-7-9-21(37-6)10-8-20)43-31-30(42-19(5)35)29(41-18(4)34)28(40-17(3)33)25(44-31)14-38-16(2)32/h7-13,25,28-31H,14H2,1-6H3/t25-,28+,29+,30-,31?/m1/s1. The molecule has 1 aromatic heterocycles. The largest absolute Gasteiger partial charge is 0.497 e. The molecule has 1 unspecified atom stereocenters. The van der Waals surface area contributed by atoms with Crippen LogP contribution in [0, 0.1) is 6.92 Å². The Hall–Kier alpha value is -4.91. The van der Waals surface area contributed by atoms with Crippen LogP contribution in [0.1, 0.15) is 33.3 Å². The first-order chi connectivity index (χ1) is 20.9. The molecule has 4 rings (SSSR count). The summed E-state index contributed by atoms with van der Waals surface area (Å²) in [5.74, 6) is -2.12. The van der Waals surface area contributed by atoms with Crippen LogP contribution in [0.3, 0.4) is 0 Å². The maximum absolute atomic E-state index is 13.4. The van der Waals surface area contributed by atoms with Crippen molar-refractivity contribution < 1.29 is 56.8 Å². The fourth-order valence-electron chi connectivity index (χ4n) is 4.83. The molecule has 0 saturated carbocycles. The predicted octanol–water partition coefficient (Wildman–Crippen LogP) is 3.24. The Balaban J connectivity index is 1.73. The number of fused-ring (bicyclic) bond motifs is 1. The van der Waals surface area contributed by atoms with Gasteiger partial charge in [-0.3, -0.25) is 24.0 Å². The Labute approximate surface area is 251 Å². The third-order valence-electron chi connectivity index (χ3n) is 6.73. The first-order valence-corrected chi connectivity index (χ1v) is 13.6. The maximum atomic E-state index is 13.4. The van der Waals surface area contributed by atoms with Gasteiger partial charge in [-0.1, -0.05) is 12.1 Å². The van der Waals surface area contributed by atoms with E-state index in [1.165, 1.54) is 25.3 Å². The zero-order valence-electron chi connectivity index (χ0n) is 24.9. The molecule has 1 saturated heterocycles. The van der Waals surface area contributed by atoms with Crippen LogP contribution in [0.15, 0.2) is 51.9 Å². The molecule has 0 radical (unpaired) electrons. The molecule has 0 spiro atoms. The summed E-state index contributed by atoms with van der Waals surface area (Å²) in [4.78, 5) is 61.2. The van der Waals surface area contributed by atoms with Gasteiger partial charge >= 0.3 is 23.9 Å². The van der Waals surface area contributed by atoms with Gasteiger partial charge in [0.15, 0.2) is 12.2 Å². The molecule has 0 amide bonds. The molecule has 0 bridgehead atoms. The first-order valence-electron chi connectivity index (χ1n) is 13.6. The molecule has 13 heteroatoms. The average molecular weight is 613 g/mol. The van der Waals surface area contributed by atoms with E-state index in [4.69, 9.17) is 37.6 Å². The van der Waals surface area contributed by atoms with Gasteiger partial charge in [0.25, 0.3) is 0 Å². The van der Waals surface area contributed by atoms with Crippen molar-refractivity contribution in [3.05, 3.63) is 58.4 Å². The van der Waals surface area contributed by atoms with Crippen LogP contribution in [-0.2, 0) is 42.9 Å². The van der Waals surface area contributed by atoms with E-state index in [0.717, 1.165) is 20.8 Å². The normalized spacial score (nSPS) is 21.2. The van der Waals surface area contributed by atoms with Crippen molar-refractivity contribution in [2.75, 3.05) is 13.7 Å². The van der Waals surface area contributed by atoms with Crippen LogP contribution in [-0.4, -0.2) is 68.3 Å². The molecule has 5 atom stereocenters. The zero-order chi connectivity index (χ0) is 32.1. The number of aryl methyl sites for hydroxylation is 1. The Kier molecular flexibility index (Phi) is 9.89. The van der Waals surface area contributed by atoms with Crippen LogP contribution in [0.4, 0.5) is 0 Å². The van der Waals surface area contributed by atoms with Crippen molar-refractivity contribution >= 4 is 34.8 Å². The van der Waals surface area contributed by atoms with Crippen molar-refractivity contribution in [3.63, 3.8) is 0 Å². The zero-order valence-corrected chi connectivity index (χ0v) is 24.9. The van der Waals surface area contributed by atoms with Crippen molar-refractivity contribution in [1.82, 2.24) is 0 Å². The molecule has 0 aliphatic carbocycles. The Morgan fingerprint density at radius 2 is 1.41 bits per heavy atom. The summed E-state index contributed by atoms with van der Waals surface area (Å²) in [5, 5.41) is 0.282. The van der Waals surface area contributed by atoms with Gasteiger partial charge in [0, 0.05) is 33.3 Å². The highest BCUT2D eigenvalue weighted by atomic mass is 16.7. The molecular weight excluding hydrogens is 580 g/mol. The maximum Gasteiger partial charge on any atom is 0.303 e. The lowest BCUT2D eigenvalue weighted by molar-refractivity contribution is -0.288. The van der Waals surface area contributed by atoms with E-state index in [1.807, 2.05) is 0 Å². The van der Waals surface area contributed by atoms with E-state index < -0.39 is 61.2 Å². The van der Waals surface area contributed by atoms with Crippen LogP contribution in [0.2, 0.25) is 0 Å². The molecule has 1 fully saturated rings. The molecule has 13 nitrogen and oxygen atoms in total. The van der Waals surface area contributed by atoms with E-state index >= 15 is 0 Å². The number of methoxy groups -OCH3 is 1. The van der Waals surface area contributed by atoms with Crippen molar-refractivity contribution in [2.24, 2.45) is 0 Å². The summed E-state index contributed by atoms with van der Waals surface area (Å²) in [7, 11) is 1.55. The molecule has 234 valence electrons. The summed E-state index contributed by atoms with van der Waals surface area (Å²) in [6, 6.07) is 9.98. The third kappa shape index (κ3) is 7.17. The summed E-state index contributed by atoms with van der Waals surface area (Å²) >= 11 is 0. The fourth-order valence-corrected chi connectivity index (χ4v) is 4.83. The fraction of sp³-hybridized carbons (Fsp3) is 0.387. The lowest BCUT2D eigenvalue weighted by Gasteiger charge is -2.44. The van der Waals surface area contributed by atoms with Crippen LogP contribution >= 0.6 is 0 Å². The van der Waals surface area contributed by atoms with Gasteiger partial charge in [0.1, 0.15) is 36.1 Å². The minimum Gasteiger partial charge on any atom is -0.497 e. The Morgan fingerprint density at radius 3 is 2.00 bits per heavy atom. The molecule has 2 heterocycles. The first kappa shape index (κ1) is 32.0. The minimum absolute atomic E-state index is 0.179. The Morgan fingerprint density at radius 1 is 0.795 bits per heavy atom. The number of carbonyl (C=O) groups excluding carboxylic acids is 4. The third-order valence-corrected chi connectivity index (χ3v) is 6.73. The predicted molar refractivity (Wildman–Crippen MR) is 152 cm³/mol. The SMILES string of the molecule is COc1ccc(-c2coc3c(C)c(OC4O[C@H](COC(C)=O)[C@H](OC(C)=O)[C@H](OC(C)=O)[C@H]4OC(C)=O)ccc3c2=O)cc1. The monoisotopic (exact) mass is 612 g/mol. The summed E-state index contributed by atoms with van der Waals surface area (Å²) in [5.41, 5.74) is 1.34. The summed E-state index contributed by atoms with van der Waals surface area (Å²) in [6.45, 7) is 5.80. The highest BCUT2D eigenvalue weighted by Gasteiger charge is 2.53. The molecule has 1 aliphatic heterocycles. The van der Waals surface area contributed by atoms with E-state index in [9.17, 15) is 24.0 Å². The van der Waals surface area contributed by atoms with Gasteiger partial charge < -0.3 is 37.6 Å². The summed E-state index contributed by atoms with van der Waals surface area (Å²) < 4.78 is 44.6. The lowest BCUT2D eigenvalue weighted by Crippen LogP contribution is -2.63. The Bertz CT molecular complexity index is 1610. The number of hydrogen-bond acceptors (Lipinski definition) is 13. The second-order valence-corrected chi connectivity index (χ2v) is 9.96. The highest BCUT2D eigenvalue weighted by Crippen LogP contribution is 2.34. The molecule has 44 heavy (non-hydrogen) atoms. The van der Waals surface area contributed by atoms with Crippen LogP contribution in [0.25, 0.3) is 22.1 Å². The van der Waals surface area contributed by atoms with Crippen LogP contribution < -0.4 is 14.9 Å². The number of rotatable bonds is 9. The molecule has 3 aromatic rings. The van der Waals surface area contributed by atoms with Gasteiger partial charge in [0.2, 0.25) is 17.8 Å².